The first kappa shape index (κ1) is 22.6. The van der Waals surface area contributed by atoms with E-state index in [1.54, 1.807) is 14.2 Å². The van der Waals surface area contributed by atoms with Crippen LogP contribution in [-0.4, -0.2) is 89.5 Å². The van der Waals surface area contributed by atoms with Gasteiger partial charge in [0.15, 0.2) is 5.96 Å². The van der Waals surface area contributed by atoms with Crippen molar-refractivity contribution in [2.45, 2.75) is 19.5 Å². The van der Waals surface area contributed by atoms with E-state index in [1.807, 2.05) is 0 Å². The van der Waals surface area contributed by atoms with Crippen LogP contribution in [0, 0.1) is 0 Å². The SMILES string of the molecule is CN=C(NCCCOCCOC)NCc1ccc(CN2CCN(C)CC2)cc1. The summed E-state index contributed by atoms with van der Waals surface area (Å²) in [6.07, 6.45) is 0.936. The van der Waals surface area contributed by atoms with E-state index in [-0.39, 0.29) is 0 Å². The van der Waals surface area contributed by atoms with Crippen molar-refractivity contribution in [2.24, 2.45) is 4.99 Å². The number of rotatable bonds is 11. The van der Waals surface area contributed by atoms with Crippen LogP contribution in [0.1, 0.15) is 17.5 Å². The summed E-state index contributed by atoms with van der Waals surface area (Å²) in [7, 11) is 5.67. The predicted molar refractivity (Wildman–Crippen MR) is 115 cm³/mol. The molecule has 2 N–H and O–H groups in total. The summed E-state index contributed by atoms with van der Waals surface area (Å²) in [6, 6.07) is 8.89. The minimum absolute atomic E-state index is 0.644. The van der Waals surface area contributed by atoms with Gasteiger partial charge in [-0.3, -0.25) is 9.89 Å². The molecule has 0 atom stereocenters. The minimum atomic E-state index is 0.644. The van der Waals surface area contributed by atoms with Crippen molar-refractivity contribution in [1.29, 1.82) is 0 Å². The Balaban J connectivity index is 1.63. The Morgan fingerprint density at radius 3 is 2.39 bits per heavy atom. The Labute approximate surface area is 170 Å². The van der Waals surface area contributed by atoms with Crippen LogP contribution in [0.4, 0.5) is 0 Å². The second-order valence-corrected chi connectivity index (χ2v) is 7.21. The topological polar surface area (TPSA) is 61.4 Å². The molecule has 28 heavy (non-hydrogen) atoms. The van der Waals surface area contributed by atoms with Crippen molar-refractivity contribution in [3.05, 3.63) is 35.4 Å². The fraction of sp³-hybridized carbons (Fsp3) is 0.667. The number of nitrogens with zero attached hydrogens (tertiary/aromatic N) is 3. The lowest BCUT2D eigenvalue weighted by atomic mass is 10.1. The molecule has 7 heteroatoms. The van der Waals surface area contributed by atoms with Crippen LogP contribution >= 0.6 is 0 Å². The number of ether oxygens (including phenoxy) is 2. The number of nitrogens with one attached hydrogen (secondary N) is 2. The molecule has 7 nitrogen and oxygen atoms in total. The van der Waals surface area contributed by atoms with Crippen molar-refractivity contribution in [1.82, 2.24) is 20.4 Å². The van der Waals surface area contributed by atoms with Crippen molar-refractivity contribution in [3.8, 4) is 0 Å². The third-order valence-electron chi connectivity index (χ3n) is 4.90. The highest BCUT2D eigenvalue weighted by Gasteiger charge is 2.13. The van der Waals surface area contributed by atoms with Gasteiger partial charge in [-0.05, 0) is 24.6 Å². The molecule has 2 rings (SSSR count). The van der Waals surface area contributed by atoms with Gasteiger partial charge in [-0.15, -0.1) is 0 Å². The fourth-order valence-electron chi connectivity index (χ4n) is 3.06. The Morgan fingerprint density at radius 1 is 1.00 bits per heavy atom. The highest BCUT2D eigenvalue weighted by Crippen LogP contribution is 2.09. The minimum Gasteiger partial charge on any atom is -0.382 e. The molecule has 0 saturated carbocycles. The largest absolute Gasteiger partial charge is 0.382 e. The fourth-order valence-corrected chi connectivity index (χ4v) is 3.06. The maximum Gasteiger partial charge on any atom is 0.191 e. The van der Waals surface area contributed by atoms with Gasteiger partial charge >= 0.3 is 0 Å². The maximum absolute atomic E-state index is 5.46. The highest BCUT2D eigenvalue weighted by molar-refractivity contribution is 5.79. The maximum atomic E-state index is 5.46. The molecule has 1 aromatic rings. The van der Waals surface area contributed by atoms with E-state index in [4.69, 9.17) is 9.47 Å². The van der Waals surface area contributed by atoms with E-state index >= 15 is 0 Å². The molecule has 1 saturated heterocycles. The first-order valence-electron chi connectivity index (χ1n) is 10.2. The molecule has 1 aromatic carbocycles. The lowest BCUT2D eigenvalue weighted by Gasteiger charge is -2.32. The molecule has 0 bridgehead atoms. The molecular weight excluding hydrogens is 354 g/mol. The summed E-state index contributed by atoms with van der Waals surface area (Å²) >= 11 is 0. The first-order chi connectivity index (χ1) is 13.7. The zero-order valence-corrected chi connectivity index (χ0v) is 17.7. The van der Waals surface area contributed by atoms with Crippen LogP contribution in [0.5, 0.6) is 0 Å². The van der Waals surface area contributed by atoms with E-state index < -0.39 is 0 Å². The van der Waals surface area contributed by atoms with Crippen LogP contribution in [-0.2, 0) is 22.6 Å². The normalized spacial score (nSPS) is 16.3. The van der Waals surface area contributed by atoms with Crippen molar-refractivity contribution < 1.29 is 9.47 Å². The van der Waals surface area contributed by atoms with Crippen LogP contribution in [0.25, 0.3) is 0 Å². The number of hydrogen-bond donors (Lipinski definition) is 2. The summed E-state index contributed by atoms with van der Waals surface area (Å²) in [6.45, 7) is 9.27. The van der Waals surface area contributed by atoms with E-state index in [0.29, 0.717) is 13.2 Å². The standard InChI is InChI=1S/C21H37N5O2/c1-22-21(23-9-4-14-28-16-15-27-3)24-17-19-5-7-20(8-6-19)18-26-12-10-25(2)11-13-26/h5-8H,4,9-18H2,1-3H3,(H2,22,23,24). The summed E-state index contributed by atoms with van der Waals surface area (Å²) in [5.74, 6) is 0.818. The molecule has 1 aliphatic heterocycles. The van der Waals surface area contributed by atoms with Crippen molar-refractivity contribution >= 4 is 5.96 Å². The van der Waals surface area contributed by atoms with E-state index in [2.05, 4.69) is 56.7 Å². The van der Waals surface area contributed by atoms with Crippen LogP contribution in [0.2, 0.25) is 0 Å². The molecule has 158 valence electrons. The number of benzene rings is 1. The van der Waals surface area contributed by atoms with Gasteiger partial charge in [0.05, 0.1) is 13.2 Å². The molecule has 1 fully saturated rings. The number of likely N-dealkylation sites (N-methyl/N-ethyl adjacent to an activating group) is 1. The Morgan fingerprint density at radius 2 is 1.71 bits per heavy atom. The number of piperazine rings is 1. The van der Waals surface area contributed by atoms with E-state index in [0.717, 1.165) is 64.8 Å². The van der Waals surface area contributed by atoms with Crippen LogP contribution in [0.3, 0.4) is 0 Å². The number of guanidine groups is 1. The number of hydrogen-bond acceptors (Lipinski definition) is 5. The molecule has 0 radical (unpaired) electrons. The van der Waals surface area contributed by atoms with Gasteiger partial charge in [0.2, 0.25) is 0 Å². The molecule has 1 aliphatic rings. The monoisotopic (exact) mass is 391 g/mol. The highest BCUT2D eigenvalue weighted by atomic mass is 16.5. The molecular formula is C21H37N5O2. The molecule has 0 aromatic heterocycles. The lowest BCUT2D eigenvalue weighted by molar-refractivity contribution is 0.0698. The smallest absolute Gasteiger partial charge is 0.191 e. The molecule has 0 spiro atoms. The zero-order chi connectivity index (χ0) is 20.0. The molecule has 0 amide bonds. The second kappa shape index (κ2) is 13.5. The van der Waals surface area contributed by atoms with Gasteiger partial charge < -0.3 is 25.0 Å². The molecule has 0 unspecified atom stereocenters. The Kier molecular flexibility index (Phi) is 10.9. The third-order valence-corrected chi connectivity index (χ3v) is 4.90. The van der Waals surface area contributed by atoms with Gasteiger partial charge in [0.1, 0.15) is 0 Å². The summed E-state index contributed by atoms with van der Waals surface area (Å²) < 4.78 is 10.4. The molecule has 0 aliphatic carbocycles. The second-order valence-electron chi connectivity index (χ2n) is 7.21. The van der Waals surface area contributed by atoms with Crippen LogP contribution < -0.4 is 10.6 Å². The zero-order valence-electron chi connectivity index (χ0n) is 17.7. The van der Waals surface area contributed by atoms with Gasteiger partial charge in [-0.2, -0.15) is 0 Å². The summed E-state index contributed by atoms with van der Waals surface area (Å²) in [5.41, 5.74) is 2.64. The number of methoxy groups -OCH3 is 1. The van der Waals surface area contributed by atoms with E-state index in [9.17, 15) is 0 Å². The lowest BCUT2D eigenvalue weighted by Crippen LogP contribution is -2.43. The van der Waals surface area contributed by atoms with Crippen molar-refractivity contribution in [3.63, 3.8) is 0 Å². The predicted octanol–water partition coefficient (Wildman–Crippen LogP) is 1.15. The average molecular weight is 392 g/mol. The van der Waals surface area contributed by atoms with Gasteiger partial charge in [-0.25, -0.2) is 0 Å². The van der Waals surface area contributed by atoms with E-state index in [1.165, 1.54) is 11.1 Å². The quantitative estimate of drug-likeness (QED) is 0.335. The van der Waals surface area contributed by atoms with Gasteiger partial charge in [0.25, 0.3) is 0 Å². The third kappa shape index (κ3) is 9.01. The Bertz CT molecular complexity index is 556. The summed E-state index contributed by atoms with van der Waals surface area (Å²) in [4.78, 5) is 9.19. The first-order valence-corrected chi connectivity index (χ1v) is 10.2. The Hall–Kier alpha value is -1.67. The van der Waals surface area contributed by atoms with Gasteiger partial charge in [0, 0.05) is 66.6 Å². The molecule has 1 heterocycles. The van der Waals surface area contributed by atoms with Crippen LogP contribution in [0.15, 0.2) is 29.3 Å². The average Bonchev–Trinajstić information content (AvgIpc) is 2.72. The van der Waals surface area contributed by atoms with Crippen molar-refractivity contribution in [2.75, 3.05) is 73.7 Å². The summed E-state index contributed by atoms with van der Waals surface area (Å²) in [5, 5.41) is 6.68. The van der Waals surface area contributed by atoms with Gasteiger partial charge in [-0.1, -0.05) is 24.3 Å². The number of aliphatic imine (C=N–C) groups is 1.